The van der Waals surface area contributed by atoms with Gasteiger partial charge in [0.15, 0.2) is 11.5 Å². The van der Waals surface area contributed by atoms with E-state index in [9.17, 15) is 4.79 Å². The van der Waals surface area contributed by atoms with E-state index in [2.05, 4.69) is 9.88 Å². The van der Waals surface area contributed by atoms with Gasteiger partial charge in [-0.05, 0) is 51.1 Å². The molecule has 5 nitrogen and oxygen atoms in total. The van der Waals surface area contributed by atoms with E-state index in [0.717, 1.165) is 49.3 Å². The predicted octanol–water partition coefficient (Wildman–Crippen LogP) is 3.36. The molecule has 0 unspecified atom stereocenters. The van der Waals surface area contributed by atoms with Crippen LogP contribution in [-0.4, -0.2) is 41.1 Å². The van der Waals surface area contributed by atoms with Gasteiger partial charge in [-0.15, -0.1) is 0 Å². The van der Waals surface area contributed by atoms with Crippen molar-refractivity contribution >= 4 is 28.7 Å². The molecule has 2 fully saturated rings. The number of carbonyl (C=O) groups excluding carboxylic acids is 1. The molecule has 0 aliphatic carbocycles. The normalized spacial score (nSPS) is 26.8. The number of likely N-dealkylation sites (tertiary alicyclic amines) is 1. The molecule has 1 aromatic heterocycles. The summed E-state index contributed by atoms with van der Waals surface area (Å²) in [4.78, 5) is 18.7. The van der Waals surface area contributed by atoms with Gasteiger partial charge in [-0.3, -0.25) is 9.69 Å². The zero-order valence-electron chi connectivity index (χ0n) is 13.0. The summed E-state index contributed by atoms with van der Waals surface area (Å²) in [6.07, 6.45) is 2.72. The lowest BCUT2D eigenvalue weighted by Gasteiger charge is -2.33. The Balaban J connectivity index is 1.45. The summed E-state index contributed by atoms with van der Waals surface area (Å²) in [5, 5.41) is 0.668. The molecule has 23 heavy (non-hydrogen) atoms. The van der Waals surface area contributed by atoms with Gasteiger partial charge in [0.05, 0.1) is 0 Å². The number of benzene rings is 1. The summed E-state index contributed by atoms with van der Waals surface area (Å²) < 4.78 is 11.1. The minimum Gasteiger partial charge on any atom is -0.461 e. The van der Waals surface area contributed by atoms with Crippen LogP contribution in [0.3, 0.4) is 0 Å². The van der Waals surface area contributed by atoms with Crippen molar-refractivity contribution < 1.29 is 13.9 Å². The summed E-state index contributed by atoms with van der Waals surface area (Å²) in [5.74, 6) is 1.00. The Morgan fingerprint density at radius 1 is 1.30 bits per heavy atom. The number of aromatic nitrogens is 1. The fourth-order valence-electron chi connectivity index (χ4n) is 3.58. The number of piperidine rings is 1. The van der Waals surface area contributed by atoms with Gasteiger partial charge in [0.1, 0.15) is 17.7 Å². The number of hydrogen-bond acceptors (Lipinski definition) is 5. The van der Waals surface area contributed by atoms with E-state index in [-0.39, 0.29) is 18.1 Å². The van der Waals surface area contributed by atoms with Crippen molar-refractivity contribution in [2.24, 2.45) is 0 Å². The van der Waals surface area contributed by atoms with Crippen molar-refractivity contribution in [1.29, 1.82) is 0 Å². The summed E-state index contributed by atoms with van der Waals surface area (Å²) in [5.41, 5.74) is 1.59. The van der Waals surface area contributed by atoms with E-state index in [1.165, 1.54) is 0 Å². The number of esters is 1. The van der Waals surface area contributed by atoms with E-state index >= 15 is 0 Å². The second-order valence-corrected chi connectivity index (χ2v) is 6.91. The fraction of sp³-hybridized carbons (Fsp3) is 0.529. The van der Waals surface area contributed by atoms with Crippen molar-refractivity contribution in [2.45, 2.75) is 44.2 Å². The Kier molecular flexibility index (Phi) is 3.77. The second kappa shape index (κ2) is 5.80. The average molecular weight is 335 g/mol. The zero-order valence-corrected chi connectivity index (χ0v) is 13.8. The first-order valence-corrected chi connectivity index (χ1v) is 8.48. The molecule has 2 aliphatic heterocycles. The van der Waals surface area contributed by atoms with Gasteiger partial charge < -0.3 is 9.15 Å². The zero-order chi connectivity index (χ0) is 16.0. The number of carbonyl (C=O) groups is 1. The third-order valence-electron chi connectivity index (χ3n) is 4.83. The monoisotopic (exact) mass is 334 g/mol. The van der Waals surface area contributed by atoms with E-state index in [4.69, 9.17) is 20.8 Å². The third-order valence-corrected chi connectivity index (χ3v) is 5.07. The Morgan fingerprint density at radius 3 is 2.78 bits per heavy atom. The molecule has 1 aromatic carbocycles. The number of nitrogens with zero attached hydrogens (tertiary/aromatic N) is 2. The van der Waals surface area contributed by atoms with Crippen LogP contribution in [0.1, 0.15) is 38.0 Å². The fourth-order valence-corrected chi connectivity index (χ4v) is 3.75. The molecule has 0 N–H and O–H groups in total. The highest BCUT2D eigenvalue weighted by Gasteiger charge is 2.38. The minimum atomic E-state index is -0.0764. The number of halogens is 1. The number of oxazole rings is 1. The standard InChI is InChI=1S/C17H19ClN2O3/c1-10-8-14(17(21)22-10)20-6-4-11(5-7-20)16-19-13-9-12(18)2-3-15(13)23-16/h2-3,9-11,14H,4-8H2,1H3/t10-,14-/m0/s1. The maximum atomic E-state index is 11.9. The number of cyclic esters (lactones) is 1. The van der Waals surface area contributed by atoms with E-state index < -0.39 is 0 Å². The molecule has 2 saturated heterocycles. The number of hydrogen-bond donors (Lipinski definition) is 0. The van der Waals surface area contributed by atoms with Gasteiger partial charge >= 0.3 is 5.97 Å². The van der Waals surface area contributed by atoms with Crippen molar-refractivity contribution in [1.82, 2.24) is 9.88 Å². The highest BCUT2D eigenvalue weighted by atomic mass is 35.5. The largest absolute Gasteiger partial charge is 0.461 e. The van der Waals surface area contributed by atoms with Gasteiger partial charge in [0, 0.05) is 17.4 Å². The van der Waals surface area contributed by atoms with Gasteiger partial charge in [-0.1, -0.05) is 11.6 Å². The molecule has 0 saturated carbocycles. The first-order valence-electron chi connectivity index (χ1n) is 8.10. The van der Waals surface area contributed by atoms with Crippen LogP contribution in [0.25, 0.3) is 11.1 Å². The van der Waals surface area contributed by atoms with Crippen LogP contribution in [0, 0.1) is 0 Å². The van der Waals surface area contributed by atoms with Crippen LogP contribution < -0.4 is 0 Å². The Hall–Kier alpha value is -1.59. The Morgan fingerprint density at radius 2 is 2.09 bits per heavy atom. The maximum absolute atomic E-state index is 11.9. The quantitative estimate of drug-likeness (QED) is 0.788. The van der Waals surface area contributed by atoms with Crippen LogP contribution in [0.15, 0.2) is 22.6 Å². The topological polar surface area (TPSA) is 55.6 Å². The molecule has 0 amide bonds. The highest BCUT2D eigenvalue weighted by Crippen LogP contribution is 2.33. The van der Waals surface area contributed by atoms with Crippen molar-refractivity contribution in [3.8, 4) is 0 Å². The molecule has 2 atom stereocenters. The molecule has 0 bridgehead atoms. The second-order valence-electron chi connectivity index (χ2n) is 6.47. The summed E-state index contributed by atoms with van der Waals surface area (Å²) in [6, 6.07) is 5.43. The maximum Gasteiger partial charge on any atom is 0.323 e. The summed E-state index contributed by atoms with van der Waals surface area (Å²) in [7, 11) is 0. The summed E-state index contributed by atoms with van der Waals surface area (Å²) in [6.45, 7) is 3.70. The van der Waals surface area contributed by atoms with Crippen molar-refractivity contribution in [3.63, 3.8) is 0 Å². The van der Waals surface area contributed by atoms with Crippen LogP contribution in [0.4, 0.5) is 0 Å². The molecule has 0 radical (unpaired) electrons. The average Bonchev–Trinajstić information content (AvgIpc) is 3.10. The number of ether oxygens (including phenoxy) is 1. The van der Waals surface area contributed by atoms with Gasteiger partial charge in [-0.2, -0.15) is 0 Å². The molecule has 0 spiro atoms. The van der Waals surface area contributed by atoms with Gasteiger partial charge in [0.2, 0.25) is 0 Å². The highest BCUT2D eigenvalue weighted by molar-refractivity contribution is 6.31. The lowest BCUT2D eigenvalue weighted by molar-refractivity contribution is -0.145. The lowest BCUT2D eigenvalue weighted by Crippen LogP contribution is -2.43. The van der Waals surface area contributed by atoms with E-state index in [1.54, 1.807) is 0 Å². The van der Waals surface area contributed by atoms with Gasteiger partial charge in [0.25, 0.3) is 0 Å². The molecule has 2 aliphatic rings. The minimum absolute atomic E-state index is 0.0343. The molecule has 122 valence electrons. The third kappa shape index (κ3) is 2.83. The van der Waals surface area contributed by atoms with Gasteiger partial charge in [-0.25, -0.2) is 4.98 Å². The number of rotatable bonds is 2. The van der Waals surface area contributed by atoms with Crippen LogP contribution in [0.2, 0.25) is 5.02 Å². The molecule has 4 rings (SSSR count). The Bertz CT molecular complexity index is 737. The van der Waals surface area contributed by atoms with Crippen molar-refractivity contribution in [3.05, 3.63) is 29.1 Å². The van der Waals surface area contributed by atoms with E-state index in [0.29, 0.717) is 10.9 Å². The first-order chi connectivity index (χ1) is 11.1. The van der Waals surface area contributed by atoms with Crippen LogP contribution in [-0.2, 0) is 9.53 Å². The van der Waals surface area contributed by atoms with Crippen molar-refractivity contribution in [2.75, 3.05) is 13.1 Å². The Labute approximate surface area is 139 Å². The lowest BCUT2D eigenvalue weighted by atomic mass is 9.95. The van der Waals surface area contributed by atoms with E-state index in [1.807, 2.05) is 25.1 Å². The molecule has 3 heterocycles. The van der Waals surface area contributed by atoms with Crippen LogP contribution >= 0.6 is 11.6 Å². The predicted molar refractivity (Wildman–Crippen MR) is 86.5 cm³/mol. The molecular weight excluding hydrogens is 316 g/mol. The van der Waals surface area contributed by atoms with Crippen LogP contribution in [0.5, 0.6) is 0 Å². The smallest absolute Gasteiger partial charge is 0.323 e. The SMILES string of the molecule is C[C@H]1C[C@H](N2CCC(c3nc4cc(Cl)ccc4o3)CC2)C(=O)O1. The number of fused-ring (bicyclic) bond motifs is 1. The first kappa shape index (κ1) is 15.0. The molecular formula is C17H19ClN2O3. The molecule has 6 heteroatoms. The summed E-state index contributed by atoms with van der Waals surface area (Å²) >= 11 is 6.00. The molecule has 2 aromatic rings.